The van der Waals surface area contributed by atoms with Gasteiger partial charge < -0.3 is 5.32 Å². The molecule has 27 heavy (non-hydrogen) atoms. The van der Waals surface area contributed by atoms with Gasteiger partial charge in [-0.3, -0.25) is 23.8 Å². The van der Waals surface area contributed by atoms with Crippen LogP contribution in [0.3, 0.4) is 0 Å². The molecule has 0 aromatic carbocycles. The van der Waals surface area contributed by atoms with Gasteiger partial charge in [0.05, 0.1) is 16.8 Å². The normalized spacial score (nSPS) is 16.0. The number of carbonyl (C=O) groups excluding carboxylic acids is 1. The van der Waals surface area contributed by atoms with Crippen molar-refractivity contribution in [1.29, 1.82) is 0 Å². The highest BCUT2D eigenvalue weighted by molar-refractivity contribution is 7.71. The molecular formula is C17H18N6O2S2. The highest BCUT2D eigenvalue weighted by atomic mass is 32.1. The van der Waals surface area contributed by atoms with Crippen LogP contribution in [0.4, 0.5) is 0 Å². The van der Waals surface area contributed by atoms with Crippen LogP contribution in [0, 0.1) is 11.7 Å². The number of hydrogen-bond acceptors (Lipinski definition) is 6. The predicted molar refractivity (Wildman–Crippen MR) is 104 cm³/mol. The standard InChI is InChI=1S/C17H18N6O2S2/c1-8-12-15(19-10-3-2-6-22(10)16(12)25)27-13(8)14(24)18-7-11-20-21-17(26)23(11)9-4-5-9/h9H,2-7H2,1H3,(H,18,24)(H,21,26). The molecule has 8 nitrogen and oxygen atoms in total. The minimum atomic E-state index is -0.212. The van der Waals surface area contributed by atoms with Crippen LogP contribution in [0.2, 0.25) is 0 Å². The fourth-order valence-corrected chi connectivity index (χ4v) is 5.11. The first-order valence-electron chi connectivity index (χ1n) is 9.01. The molecule has 0 saturated heterocycles. The first kappa shape index (κ1) is 16.8. The summed E-state index contributed by atoms with van der Waals surface area (Å²) in [5.74, 6) is 1.34. The van der Waals surface area contributed by atoms with Crippen LogP contribution in [0.5, 0.6) is 0 Å². The average molecular weight is 403 g/mol. The van der Waals surface area contributed by atoms with E-state index in [1.54, 1.807) is 4.57 Å². The lowest BCUT2D eigenvalue weighted by Crippen LogP contribution is -2.25. The van der Waals surface area contributed by atoms with Crippen molar-refractivity contribution in [2.45, 2.75) is 51.7 Å². The number of aromatic nitrogens is 5. The molecule has 2 aliphatic rings. The molecule has 0 unspecified atom stereocenters. The maximum Gasteiger partial charge on any atom is 0.262 e. The Bertz CT molecular complexity index is 1200. The Morgan fingerprint density at radius 1 is 1.44 bits per heavy atom. The Morgan fingerprint density at radius 2 is 2.26 bits per heavy atom. The Hall–Kier alpha value is -2.33. The summed E-state index contributed by atoms with van der Waals surface area (Å²) < 4.78 is 4.30. The van der Waals surface area contributed by atoms with Gasteiger partial charge in [-0.2, -0.15) is 5.10 Å². The summed E-state index contributed by atoms with van der Waals surface area (Å²) in [4.78, 5) is 31.3. The second-order valence-corrected chi connectivity index (χ2v) is 8.44. The zero-order chi connectivity index (χ0) is 18.7. The molecule has 0 bridgehead atoms. The zero-order valence-electron chi connectivity index (χ0n) is 14.7. The van der Waals surface area contributed by atoms with Gasteiger partial charge in [-0.25, -0.2) is 4.98 Å². The molecule has 1 aliphatic carbocycles. The molecule has 0 spiro atoms. The van der Waals surface area contributed by atoms with Crippen molar-refractivity contribution in [3.05, 3.63) is 37.2 Å². The van der Waals surface area contributed by atoms with Crippen molar-refractivity contribution in [3.63, 3.8) is 0 Å². The average Bonchev–Trinajstić information content (AvgIpc) is 3.09. The summed E-state index contributed by atoms with van der Waals surface area (Å²) in [5.41, 5.74) is 0.670. The van der Waals surface area contributed by atoms with Crippen LogP contribution in [0.25, 0.3) is 10.2 Å². The second kappa shape index (κ2) is 6.10. The molecule has 2 N–H and O–H groups in total. The van der Waals surface area contributed by atoms with Crippen LogP contribution in [-0.4, -0.2) is 30.2 Å². The van der Waals surface area contributed by atoms with E-state index in [0.717, 1.165) is 37.3 Å². The molecular weight excluding hydrogens is 384 g/mol. The van der Waals surface area contributed by atoms with E-state index in [4.69, 9.17) is 12.2 Å². The number of rotatable bonds is 4. The Balaban J connectivity index is 1.45. The molecule has 10 heteroatoms. The van der Waals surface area contributed by atoms with E-state index < -0.39 is 0 Å². The summed E-state index contributed by atoms with van der Waals surface area (Å²) in [6, 6.07) is 0.390. The van der Waals surface area contributed by atoms with Gasteiger partial charge in [-0.05, 0) is 44.0 Å². The van der Waals surface area contributed by atoms with Gasteiger partial charge in [0, 0.05) is 19.0 Å². The SMILES string of the molecule is Cc1c(C(=O)NCc2n[nH]c(=S)n2C2CC2)sc2nc3n(c(=O)c12)CCC3. The molecule has 140 valence electrons. The summed E-state index contributed by atoms with van der Waals surface area (Å²) in [6.07, 6.45) is 3.93. The van der Waals surface area contributed by atoms with Crippen molar-refractivity contribution in [2.75, 3.05) is 0 Å². The molecule has 1 saturated carbocycles. The number of amides is 1. The third kappa shape index (κ3) is 2.66. The maximum atomic E-state index is 12.8. The molecule has 5 rings (SSSR count). The molecule has 1 fully saturated rings. The molecule has 1 aliphatic heterocycles. The van der Waals surface area contributed by atoms with Crippen LogP contribution >= 0.6 is 23.6 Å². The van der Waals surface area contributed by atoms with E-state index in [2.05, 4.69) is 20.5 Å². The number of nitrogens with zero attached hydrogens (tertiary/aromatic N) is 4. The fourth-order valence-electron chi connectivity index (χ4n) is 3.70. The molecule has 4 heterocycles. The quantitative estimate of drug-likeness (QED) is 0.652. The van der Waals surface area contributed by atoms with Crippen LogP contribution in [0.1, 0.15) is 52.2 Å². The highest BCUT2D eigenvalue weighted by Crippen LogP contribution is 2.35. The van der Waals surface area contributed by atoms with Crippen LogP contribution < -0.4 is 10.9 Å². The smallest absolute Gasteiger partial charge is 0.262 e. The van der Waals surface area contributed by atoms with Crippen molar-refractivity contribution in [3.8, 4) is 0 Å². The second-order valence-electron chi connectivity index (χ2n) is 7.05. The van der Waals surface area contributed by atoms with Gasteiger partial charge in [-0.15, -0.1) is 11.3 Å². The summed E-state index contributed by atoms with van der Waals surface area (Å²) >= 11 is 6.55. The van der Waals surface area contributed by atoms with Crippen molar-refractivity contribution >= 4 is 39.7 Å². The minimum absolute atomic E-state index is 0.0325. The predicted octanol–water partition coefficient (Wildman–Crippen LogP) is 2.23. The molecule has 0 radical (unpaired) electrons. The van der Waals surface area contributed by atoms with Crippen molar-refractivity contribution < 1.29 is 4.79 Å². The van der Waals surface area contributed by atoms with Crippen molar-refractivity contribution in [2.24, 2.45) is 0 Å². The lowest BCUT2D eigenvalue weighted by molar-refractivity contribution is 0.0953. The lowest BCUT2D eigenvalue weighted by atomic mass is 10.2. The molecule has 1 amide bonds. The summed E-state index contributed by atoms with van der Waals surface area (Å²) in [5, 5.41) is 10.5. The van der Waals surface area contributed by atoms with E-state index in [9.17, 15) is 9.59 Å². The summed E-state index contributed by atoms with van der Waals surface area (Å²) in [6.45, 7) is 2.82. The van der Waals surface area contributed by atoms with E-state index in [-0.39, 0.29) is 11.5 Å². The number of aromatic amines is 1. The molecule has 0 atom stereocenters. The number of fused-ring (bicyclic) bond motifs is 2. The van der Waals surface area contributed by atoms with E-state index >= 15 is 0 Å². The third-order valence-electron chi connectivity index (χ3n) is 5.21. The van der Waals surface area contributed by atoms with Gasteiger partial charge in [0.15, 0.2) is 10.6 Å². The van der Waals surface area contributed by atoms with Gasteiger partial charge in [0.2, 0.25) is 0 Å². The number of hydrogen-bond donors (Lipinski definition) is 2. The molecule has 3 aromatic heterocycles. The Kier molecular flexibility index (Phi) is 3.80. The van der Waals surface area contributed by atoms with Crippen LogP contribution in [-0.2, 0) is 19.5 Å². The van der Waals surface area contributed by atoms with E-state index in [1.165, 1.54) is 11.3 Å². The fraction of sp³-hybridized carbons (Fsp3) is 0.471. The zero-order valence-corrected chi connectivity index (χ0v) is 16.4. The maximum absolute atomic E-state index is 12.8. The first-order chi connectivity index (χ1) is 13.0. The Morgan fingerprint density at radius 3 is 3.04 bits per heavy atom. The van der Waals surface area contributed by atoms with Gasteiger partial charge in [0.25, 0.3) is 11.5 Å². The summed E-state index contributed by atoms with van der Waals surface area (Å²) in [7, 11) is 0. The topological polar surface area (TPSA) is 97.6 Å². The third-order valence-corrected chi connectivity index (χ3v) is 6.69. The largest absolute Gasteiger partial charge is 0.344 e. The van der Waals surface area contributed by atoms with E-state index in [1.807, 2.05) is 11.5 Å². The lowest BCUT2D eigenvalue weighted by Gasteiger charge is -2.06. The van der Waals surface area contributed by atoms with Crippen LogP contribution in [0.15, 0.2) is 4.79 Å². The first-order valence-corrected chi connectivity index (χ1v) is 10.2. The molecule has 3 aromatic rings. The van der Waals surface area contributed by atoms with Gasteiger partial charge >= 0.3 is 0 Å². The minimum Gasteiger partial charge on any atom is -0.344 e. The number of H-pyrrole nitrogens is 1. The van der Waals surface area contributed by atoms with Gasteiger partial charge in [0.1, 0.15) is 10.7 Å². The van der Waals surface area contributed by atoms with Gasteiger partial charge in [-0.1, -0.05) is 0 Å². The number of thiophene rings is 1. The Labute approximate surface area is 163 Å². The van der Waals surface area contributed by atoms with Crippen molar-refractivity contribution in [1.82, 2.24) is 29.6 Å². The number of nitrogens with one attached hydrogen (secondary N) is 2. The monoisotopic (exact) mass is 402 g/mol. The van der Waals surface area contributed by atoms with E-state index in [0.29, 0.717) is 44.6 Å². The number of carbonyl (C=O) groups is 1. The number of aryl methyl sites for hydroxylation is 2. The highest BCUT2D eigenvalue weighted by Gasteiger charge is 2.28.